The summed E-state index contributed by atoms with van der Waals surface area (Å²) < 4.78 is 75.5. The number of aromatic nitrogens is 1. The second kappa shape index (κ2) is 11.0. The summed E-state index contributed by atoms with van der Waals surface area (Å²) >= 11 is 0. The van der Waals surface area contributed by atoms with Crippen molar-refractivity contribution in [2.75, 3.05) is 18.6 Å². The molecule has 9 heteroatoms. The van der Waals surface area contributed by atoms with E-state index < -0.39 is 21.6 Å². The van der Waals surface area contributed by atoms with E-state index in [1.807, 2.05) is 13.0 Å². The van der Waals surface area contributed by atoms with Crippen molar-refractivity contribution in [1.82, 2.24) is 4.98 Å². The molecular formula is C29H32F3NO4S. The zero-order valence-corrected chi connectivity index (χ0v) is 22.6. The fourth-order valence-electron chi connectivity index (χ4n) is 5.00. The first kappa shape index (κ1) is 28.0. The van der Waals surface area contributed by atoms with Gasteiger partial charge in [0.15, 0.2) is 0 Å². The highest BCUT2D eigenvalue weighted by molar-refractivity contribution is 7.90. The molecule has 1 aromatic heterocycles. The highest BCUT2D eigenvalue weighted by atomic mass is 32.2. The minimum atomic E-state index is -4.55. The van der Waals surface area contributed by atoms with E-state index in [9.17, 15) is 21.6 Å². The van der Waals surface area contributed by atoms with E-state index in [1.54, 1.807) is 6.92 Å². The quantitative estimate of drug-likeness (QED) is 0.241. The first-order chi connectivity index (χ1) is 17.9. The van der Waals surface area contributed by atoms with Crippen LogP contribution in [0.2, 0.25) is 0 Å². The smallest absolute Gasteiger partial charge is 0.417 e. The third-order valence-electron chi connectivity index (χ3n) is 6.89. The molecule has 0 amide bonds. The van der Waals surface area contributed by atoms with Gasteiger partial charge in [-0.15, -0.1) is 0 Å². The number of fused-ring (bicyclic) bond motifs is 1. The number of allylic oxidation sites excluding steroid dienone is 4. The van der Waals surface area contributed by atoms with Gasteiger partial charge in [-0.3, -0.25) is 0 Å². The van der Waals surface area contributed by atoms with Crippen LogP contribution < -0.4 is 4.74 Å². The number of pyridine rings is 1. The topological polar surface area (TPSA) is 65.5 Å². The zero-order valence-electron chi connectivity index (χ0n) is 21.8. The third kappa shape index (κ3) is 6.87. The van der Waals surface area contributed by atoms with Crippen molar-refractivity contribution >= 4 is 9.84 Å². The molecule has 38 heavy (non-hydrogen) atoms. The molecule has 0 radical (unpaired) electrons. The fourth-order valence-corrected chi connectivity index (χ4v) is 5.64. The summed E-state index contributed by atoms with van der Waals surface area (Å²) in [4.78, 5) is 4.30. The van der Waals surface area contributed by atoms with Crippen LogP contribution in [0.15, 0.2) is 66.0 Å². The normalized spacial score (nSPS) is 21.0. The van der Waals surface area contributed by atoms with Gasteiger partial charge in [0.05, 0.1) is 17.9 Å². The van der Waals surface area contributed by atoms with Crippen LogP contribution >= 0.6 is 0 Å². The summed E-state index contributed by atoms with van der Waals surface area (Å²) in [6, 6.07) is 6.98. The van der Waals surface area contributed by atoms with E-state index in [0.717, 1.165) is 24.7 Å². The Hall–Kier alpha value is -3.07. The molecule has 1 heterocycles. The second-order valence-electron chi connectivity index (χ2n) is 9.97. The molecule has 0 saturated heterocycles. The van der Waals surface area contributed by atoms with Gasteiger partial charge in [0.25, 0.3) is 0 Å². The number of sulfone groups is 1. The number of hydrogen-bond donors (Lipinski definition) is 0. The molecular weight excluding hydrogens is 515 g/mol. The van der Waals surface area contributed by atoms with Gasteiger partial charge in [-0.2, -0.15) is 13.2 Å². The molecule has 2 saturated carbocycles. The highest BCUT2D eigenvalue weighted by Crippen LogP contribution is 2.57. The Morgan fingerprint density at radius 2 is 1.97 bits per heavy atom. The lowest BCUT2D eigenvalue weighted by molar-refractivity contribution is -0.137. The molecule has 2 fully saturated rings. The van der Waals surface area contributed by atoms with E-state index in [1.165, 1.54) is 41.8 Å². The largest absolute Gasteiger partial charge is 0.490 e. The Labute approximate surface area is 222 Å². The summed E-state index contributed by atoms with van der Waals surface area (Å²) in [6.45, 7) is 7.85. The summed E-state index contributed by atoms with van der Waals surface area (Å²) in [5.74, 6) is 2.06. The maximum absolute atomic E-state index is 13.9. The predicted molar refractivity (Wildman–Crippen MR) is 141 cm³/mol. The van der Waals surface area contributed by atoms with Crippen LogP contribution in [0.1, 0.15) is 43.0 Å². The molecule has 1 aromatic carbocycles. The molecule has 2 aliphatic rings. The maximum Gasteiger partial charge on any atom is 0.417 e. The lowest BCUT2D eigenvalue weighted by Gasteiger charge is -2.17. The number of rotatable bonds is 10. The van der Waals surface area contributed by atoms with Crippen LogP contribution in [-0.4, -0.2) is 32.0 Å². The van der Waals surface area contributed by atoms with E-state index in [2.05, 4.69) is 17.6 Å². The summed E-state index contributed by atoms with van der Waals surface area (Å²) in [5, 5.41) is 0. The molecule has 0 spiro atoms. The standard InChI is InChI=1S/C29H32F3NO4S/c1-5-23-21(15-22-16-25(22)23)13-18(2)37-17-20-7-9-27(29(30,31)32)26(14-20)24-8-10-28(33-19(24)3)36-11-6-12-38(4,34)35/h5,7-10,13-14,22,25H,2,6,11-12,15-17H2,1,3-4H3/b21-13-,23-5+. The molecule has 2 atom stereocenters. The van der Waals surface area contributed by atoms with Crippen LogP contribution in [0.3, 0.4) is 0 Å². The van der Waals surface area contributed by atoms with Crippen molar-refractivity contribution in [2.24, 2.45) is 11.8 Å². The van der Waals surface area contributed by atoms with Gasteiger partial charge in [0.2, 0.25) is 5.88 Å². The average Bonchev–Trinajstić information content (AvgIpc) is 3.50. The first-order valence-corrected chi connectivity index (χ1v) is 14.6. The predicted octanol–water partition coefficient (Wildman–Crippen LogP) is 6.83. The number of nitrogens with zero attached hydrogens (tertiary/aromatic N) is 1. The van der Waals surface area contributed by atoms with Crippen molar-refractivity contribution in [1.29, 1.82) is 0 Å². The number of hydrogen-bond acceptors (Lipinski definition) is 5. The maximum atomic E-state index is 13.9. The van der Waals surface area contributed by atoms with Gasteiger partial charge in [0, 0.05) is 23.6 Å². The Kier molecular flexibility index (Phi) is 8.06. The Balaban J connectivity index is 1.49. The number of alkyl halides is 3. The third-order valence-corrected chi connectivity index (χ3v) is 7.92. The van der Waals surface area contributed by atoms with E-state index in [4.69, 9.17) is 9.47 Å². The van der Waals surface area contributed by atoms with E-state index in [0.29, 0.717) is 34.9 Å². The number of benzene rings is 1. The van der Waals surface area contributed by atoms with Gasteiger partial charge in [-0.05, 0) is 91.5 Å². The Bertz CT molecular complexity index is 1390. The van der Waals surface area contributed by atoms with Crippen LogP contribution in [0.25, 0.3) is 11.1 Å². The van der Waals surface area contributed by atoms with E-state index >= 15 is 0 Å². The van der Waals surface area contributed by atoms with Crippen LogP contribution in [-0.2, 0) is 27.4 Å². The van der Waals surface area contributed by atoms with Crippen molar-refractivity contribution < 1.29 is 31.1 Å². The molecule has 2 unspecified atom stereocenters. The van der Waals surface area contributed by atoms with Crippen LogP contribution in [0.4, 0.5) is 13.2 Å². The molecule has 0 N–H and O–H groups in total. The summed E-state index contributed by atoms with van der Waals surface area (Å²) in [6.07, 6.45) is 3.22. The second-order valence-corrected chi connectivity index (χ2v) is 12.2. The van der Waals surface area contributed by atoms with E-state index in [-0.39, 0.29) is 30.4 Å². The first-order valence-electron chi connectivity index (χ1n) is 12.5. The monoisotopic (exact) mass is 547 g/mol. The fraction of sp³-hybridized carbons (Fsp3) is 0.414. The van der Waals surface area contributed by atoms with Gasteiger partial charge < -0.3 is 9.47 Å². The minimum Gasteiger partial charge on any atom is -0.490 e. The lowest BCUT2D eigenvalue weighted by atomic mass is 9.96. The van der Waals surface area contributed by atoms with Gasteiger partial charge >= 0.3 is 6.18 Å². The van der Waals surface area contributed by atoms with Crippen molar-refractivity contribution in [3.8, 4) is 17.0 Å². The lowest BCUT2D eigenvalue weighted by Crippen LogP contribution is -2.10. The molecule has 0 aliphatic heterocycles. The van der Waals surface area contributed by atoms with Crippen LogP contribution in [0, 0.1) is 18.8 Å². The highest BCUT2D eigenvalue weighted by Gasteiger charge is 2.46. The van der Waals surface area contributed by atoms with Gasteiger partial charge in [0.1, 0.15) is 22.2 Å². The Morgan fingerprint density at radius 1 is 1.21 bits per heavy atom. The van der Waals surface area contributed by atoms with Crippen molar-refractivity contribution in [2.45, 2.75) is 45.9 Å². The summed E-state index contributed by atoms with van der Waals surface area (Å²) in [7, 11) is -3.10. The van der Waals surface area contributed by atoms with Gasteiger partial charge in [-0.25, -0.2) is 13.4 Å². The number of aryl methyl sites for hydroxylation is 1. The Morgan fingerprint density at radius 3 is 2.63 bits per heavy atom. The number of halogens is 3. The molecule has 2 aromatic rings. The molecule has 5 nitrogen and oxygen atoms in total. The molecule has 204 valence electrons. The van der Waals surface area contributed by atoms with Crippen LogP contribution in [0.5, 0.6) is 5.88 Å². The molecule has 2 aliphatic carbocycles. The average molecular weight is 548 g/mol. The van der Waals surface area contributed by atoms with Gasteiger partial charge in [-0.1, -0.05) is 18.7 Å². The summed E-state index contributed by atoms with van der Waals surface area (Å²) in [5.41, 5.74) is 3.08. The zero-order chi connectivity index (χ0) is 27.7. The number of ether oxygens (including phenoxy) is 2. The van der Waals surface area contributed by atoms with Crippen molar-refractivity contribution in [3.05, 3.63) is 82.8 Å². The molecule has 4 rings (SSSR count). The molecule has 0 bridgehead atoms. The minimum absolute atomic E-state index is 0.00303. The SMILES string of the molecule is C=C(/C=C1/CC2CC2/C1=C/C)OCc1ccc(C(F)(F)F)c(-c2ccc(OCCCS(C)(=O)=O)nc2C)c1. The van der Waals surface area contributed by atoms with Crippen molar-refractivity contribution in [3.63, 3.8) is 0 Å².